The predicted octanol–water partition coefficient (Wildman–Crippen LogP) is 1.57. The zero-order valence-electron chi connectivity index (χ0n) is 15.4. The molecule has 0 saturated carbocycles. The maximum absolute atomic E-state index is 12.6. The van der Waals surface area contributed by atoms with Crippen LogP contribution in [0.4, 0.5) is 5.82 Å². The number of carbonyl (C=O) groups excluding carboxylic acids is 1. The van der Waals surface area contributed by atoms with E-state index in [1.165, 1.54) is 0 Å². The Bertz CT molecular complexity index is 724. The number of ether oxygens (including phenoxy) is 1. The van der Waals surface area contributed by atoms with E-state index in [4.69, 9.17) is 4.74 Å². The molecule has 0 aliphatic carbocycles. The van der Waals surface area contributed by atoms with Gasteiger partial charge in [0, 0.05) is 33.3 Å². The lowest BCUT2D eigenvalue weighted by Gasteiger charge is -2.31. The molecule has 26 heavy (non-hydrogen) atoms. The number of aromatic nitrogens is 4. The van der Waals surface area contributed by atoms with Crippen LogP contribution in [0.15, 0.2) is 24.3 Å². The first kappa shape index (κ1) is 18.0. The first-order valence-electron chi connectivity index (χ1n) is 8.76. The van der Waals surface area contributed by atoms with E-state index < -0.39 is 0 Å². The Morgan fingerprint density at radius 1 is 1.12 bits per heavy atom. The molecule has 0 radical (unpaired) electrons. The van der Waals surface area contributed by atoms with Crippen molar-refractivity contribution in [3.63, 3.8) is 0 Å². The highest BCUT2D eigenvalue weighted by Crippen LogP contribution is 2.20. The number of hydrogen-bond acceptors (Lipinski definition) is 7. The van der Waals surface area contributed by atoms with E-state index in [1.54, 1.807) is 6.07 Å². The minimum absolute atomic E-state index is 0.0634. The van der Waals surface area contributed by atoms with E-state index in [1.807, 2.05) is 49.0 Å². The third kappa shape index (κ3) is 4.44. The lowest BCUT2D eigenvalue weighted by Crippen LogP contribution is -2.40. The van der Waals surface area contributed by atoms with E-state index in [0.717, 1.165) is 24.4 Å². The molecule has 1 fully saturated rings. The second-order valence-electron chi connectivity index (χ2n) is 6.73. The Morgan fingerprint density at radius 3 is 2.46 bits per heavy atom. The number of carbonyl (C=O) groups is 1. The van der Waals surface area contributed by atoms with Crippen molar-refractivity contribution in [3.8, 4) is 5.88 Å². The van der Waals surface area contributed by atoms with Gasteiger partial charge in [0.2, 0.25) is 5.88 Å². The summed E-state index contributed by atoms with van der Waals surface area (Å²) in [6.07, 6.45) is 1.79. The molecule has 0 spiro atoms. The van der Waals surface area contributed by atoms with E-state index in [-0.39, 0.29) is 5.91 Å². The van der Waals surface area contributed by atoms with Crippen LogP contribution in [0.2, 0.25) is 0 Å². The summed E-state index contributed by atoms with van der Waals surface area (Å²) in [6.45, 7) is 3.88. The number of aryl methyl sites for hydroxylation is 1. The average Bonchev–Trinajstić information content (AvgIpc) is 2.67. The molecule has 8 nitrogen and oxygen atoms in total. The topological polar surface area (TPSA) is 84.3 Å². The van der Waals surface area contributed by atoms with Crippen LogP contribution in [0.5, 0.6) is 5.88 Å². The van der Waals surface area contributed by atoms with Gasteiger partial charge >= 0.3 is 0 Å². The van der Waals surface area contributed by atoms with E-state index in [0.29, 0.717) is 37.2 Å². The molecule has 1 saturated heterocycles. The molecule has 1 amide bonds. The number of rotatable bonds is 5. The Hall–Kier alpha value is -2.77. The van der Waals surface area contributed by atoms with E-state index in [2.05, 4.69) is 20.4 Å². The van der Waals surface area contributed by atoms with Gasteiger partial charge in [-0.2, -0.15) is 5.10 Å². The molecule has 0 unspecified atom stereocenters. The van der Waals surface area contributed by atoms with Crippen LogP contribution >= 0.6 is 0 Å². The van der Waals surface area contributed by atoms with Crippen LogP contribution in [0.1, 0.15) is 29.0 Å². The fourth-order valence-electron chi connectivity index (χ4n) is 2.81. The van der Waals surface area contributed by atoms with E-state index in [9.17, 15) is 4.79 Å². The quantitative estimate of drug-likeness (QED) is 0.804. The predicted molar refractivity (Wildman–Crippen MR) is 97.3 cm³/mol. The number of hydrogen-bond donors (Lipinski definition) is 0. The van der Waals surface area contributed by atoms with E-state index >= 15 is 0 Å². The smallest absolute Gasteiger partial charge is 0.274 e. The number of piperidine rings is 1. The summed E-state index contributed by atoms with van der Waals surface area (Å²) in [4.78, 5) is 16.2. The van der Waals surface area contributed by atoms with Gasteiger partial charge in [0.05, 0.1) is 12.3 Å². The molecule has 0 aromatic carbocycles. The highest BCUT2D eigenvalue weighted by Gasteiger charge is 2.25. The van der Waals surface area contributed by atoms with Gasteiger partial charge in [-0.05, 0) is 43.9 Å². The minimum atomic E-state index is -0.0634. The fourth-order valence-corrected chi connectivity index (χ4v) is 2.81. The average molecular weight is 356 g/mol. The highest BCUT2D eigenvalue weighted by molar-refractivity contribution is 5.92. The number of anilines is 1. The largest absolute Gasteiger partial charge is 0.476 e. The second-order valence-corrected chi connectivity index (χ2v) is 6.73. The Balaban J connectivity index is 1.48. The Labute approximate surface area is 153 Å². The van der Waals surface area contributed by atoms with Crippen molar-refractivity contribution in [3.05, 3.63) is 35.7 Å². The normalized spacial score (nSPS) is 15.0. The molecule has 2 aromatic rings. The minimum Gasteiger partial charge on any atom is -0.476 e. The third-order valence-electron chi connectivity index (χ3n) is 4.47. The van der Waals surface area contributed by atoms with Gasteiger partial charge in [-0.1, -0.05) is 0 Å². The summed E-state index contributed by atoms with van der Waals surface area (Å²) in [5.74, 6) is 1.62. The first-order valence-corrected chi connectivity index (χ1v) is 8.76. The maximum Gasteiger partial charge on any atom is 0.274 e. The summed E-state index contributed by atoms with van der Waals surface area (Å²) >= 11 is 0. The summed E-state index contributed by atoms with van der Waals surface area (Å²) in [6, 6.07) is 7.25. The maximum atomic E-state index is 12.6. The summed E-state index contributed by atoms with van der Waals surface area (Å²) in [5, 5.41) is 16.1. The van der Waals surface area contributed by atoms with Crippen molar-refractivity contribution in [2.24, 2.45) is 5.92 Å². The molecule has 138 valence electrons. The van der Waals surface area contributed by atoms with Crippen molar-refractivity contribution in [1.29, 1.82) is 0 Å². The van der Waals surface area contributed by atoms with Gasteiger partial charge in [-0.15, -0.1) is 15.3 Å². The van der Waals surface area contributed by atoms with Crippen molar-refractivity contribution in [1.82, 2.24) is 25.3 Å². The standard InChI is InChI=1S/C18H24N6O2/c1-13-4-7-17(22-19-13)26-12-14-8-10-24(11-9-14)18(25)15-5-6-16(21-20-15)23(2)3/h4-7,14H,8-12H2,1-3H3. The lowest BCUT2D eigenvalue weighted by atomic mass is 9.97. The summed E-state index contributed by atoms with van der Waals surface area (Å²) in [7, 11) is 3.78. The summed E-state index contributed by atoms with van der Waals surface area (Å²) < 4.78 is 5.71. The summed E-state index contributed by atoms with van der Waals surface area (Å²) in [5.41, 5.74) is 1.26. The SMILES string of the molecule is Cc1ccc(OCC2CCN(C(=O)c3ccc(N(C)C)nn3)CC2)nn1. The molecule has 0 atom stereocenters. The number of likely N-dealkylation sites (tertiary alicyclic amines) is 1. The number of amides is 1. The molecule has 1 aliphatic heterocycles. The van der Waals surface area contributed by atoms with Crippen LogP contribution in [-0.2, 0) is 0 Å². The van der Waals surface area contributed by atoms with Crippen LogP contribution in [0.3, 0.4) is 0 Å². The zero-order valence-corrected chi connectivity index (χ0v) is 15.4. The lowest BCUT2D eigenvalue weighted by molar-refractivity contribution is 0.0652. The van der Waals surface area contributed by atoms with Crippen molar-refractivity contribution in [2.75, 3.05) is 38.7 Å². The fraction of sp³-hybridized carbons (Fsp3) is 0.500. The zero-order chi connectivity index (χ0) is 18.5. The number of nitrogens with zero attached hydrogens (tertiary/aromatic N) is 6. The third-order valence-corrected chi connectivity index (χ3v) is 4.47. The highest BCUT2D eigenvalue weighted by atomic mass is 16.5. The molecular formula is C18H24N6O2. The van der Waals surface area contributed by atoms with Gasteiger partial charge in [-0.3, -0.25) is 4.79 Å². The molecule has 3 rings (SSSR count). The van der Waals surface area contributed by atoms with Crippen molar-refractivity contribution < 1.29 is 9.53 Å². The molecular weight excluding hydrogens is 332 g/mol. The van der Waals surface area contributed by atoms with Gasteiger partial charge < -0.3 is 14.5 Å². The molecule has 8 heteroatoms. The second kappa shape index (κ2) is 8.07. The van der Waals surface area contributed by atoms with Gasteiger partial charge in [0.25, 0.3) is 5.91 Å². The van der Waals surface area contributed by atoms with Crippen LogP contribution in [0.25, 0.3) is 0 Å². The van der Waals surface area contributed by atoms with Crippen LogP contribution in [-0.4, -0.2) is 65.0 Å². The molecule has 3 heterocycles. The first-order chi connectivity index (χ1) is 12.5. The van der Waals surface area contributed by atoms with Crippen molar-refractivity contribution >= 4 is 11.7 Å². The Morgan fingerprint density at radius 2 is 1.88 bits per heavy atom. The van der Waals surface area contributed by atoms with Crippen LogP contribution < -0.4 is 9.64 Å². The van der Waals surface area contributed by atoms with Gasteiger partial charge in [-0.25, -0.2) is 0 Å². The Kier molecular flexibility index (Phi) is 5.60. The van der Waals surface area contributed by atoms with Gasteiger partial charge in [0.1, 0.15) is 0 Å². The molecule has 1 aliphatic rings. The molecule has 0 bridgehead atoms. The van der Waals surface area contributed by atoms with Crippen LogP contribution in [0, 0.1) is 12.8 Å². The monoisotopic (exact) mass is 356 g/mol. The molecule has 0 N–H and O–H groups in total. The van der Waals surface area contributed by atoms with Crippen molar-refractivity contribution in [2.45, 2.75) is 19.8 Å². The molecule has 2 aromatic heterocycles. The van der Waals surface area contributed by atoms with Gasteiger partial charge in [0.15, 0.2) is 11.5 Å².